The first-order valence-corrected chi connectivity index (χ1v) is 8.76. The van der Waals surface area contributed by atoms with E-state index in [0.29, 0.717) is 17.9 Å². The first-order valence-electron chi connectivity index (χ1n) is 7.88. The van der Waals surface area contributed by atoms with Crippen molar-refractivity contribution in [3.63, 3.8) is 0 Å². The van der Waals surface area contributed by atoms with Gasteiger partial charge in [0.2, 0.25) is 0 Å². The first-order chi connectivity index (χ1) is 12.1. The fourth-order valence-electron chi connectivity index (χ4n) is 2.83. The lowest BCUT2D eigenvalue weighted by Crippen LogP contribution is -2.24. The van der Waals surface area contributed by atoms with E-state index in [1.807, 2.05) is 53.9 Å². The lowest BCUT2D eigenvalue weighted by Gasteiger charge is -2.09. The van der Waals surface area contributed by atoms with Gasteiger partial charge in [0, 0.05) is 16.6 Å². The van der Waals surface area contributed by atoms with Gasteiger partial charge in [-0.25, -0.2) is 9.97 Å². The summed E-state index contributed by atoms with van der Waals surface area (Å²) in [5, 5.41) is 2.86. The van der Waals surface area contributed by atoms with Crippen LogP contribution in [0.25, 0.3) is 22.3 Å². The fraction of sp³-hybridized carbons (Fsp3) is 0.105. The number of nitrogen functional groups attached to an aromatic ring is 1. The Morgan fingerprint density at radius 2 is 1.96 bits per heavy atom. The van der Waals surface area contributed by atoms with Gasteiger partial charge in [-0.2, -0.15) is 0 Å². The Bertz CT molecular complexity index is 1130. The molecule has 2 heterocycles. The van der Waals surface area contributed by atoms with Crippen LogP contribution >= 0.6 is 11.3 Å². The Labute approximate surface area is 148 Å². The van der Waals surface area contributed by atoms with E-state index in [-0.39, 0.29) is 5.56 Å². The van der Waals surface area contributed by atoms with Gasteiger partial charge in [0.1, 0.15) is 10.7 Å². The van der Waals surface area contributed by atoms with E-state index in [9.17, 15) is 4.79 Å². The summed E-state index contributed by atoms with van der Waals surface area (Å²) in [6, 6.07) is 15.3. The van der Waals surface area contributed by atoms with E-state index >= 15 is 0 Å². The average Bonchev–Trinajstić information content (AvgIpc) is 3.08. The van der Waals surface area contributed by atoms with Crippen LogP contribution in [0.5, 0.6) is 0 Å². The topological polar surface area (TPSA) is 73.8 Å². The second kappa shape index (κ2) is 6.14. The monoisotopic (exact) mass is 348 g/mol. The predicted molar refractivity (Wildman–Crippen MR) is 102 cm³/mol. The molecule has 0 aliphatic rings. The zero-order chi connectivity index (χ0) is 17.4. The number of anilines is 1. The minimum absolute atomic E-state index is 0.0839. The number of para-hydroxylation sites is 2. The molecule has 0 amide bonds. The fourth-order valence-corrected chi connectivity index (χ4v) is 3.62. The summed E-state index contributed by atoms with van der Waals surface area (Å²) in [4.78, 5) is 21.6. The van der Waals surface area contributed by atoms with E-state index in [4.69, 9.17) is 5.73 Å². The van der Waals surface area contributed by atoms with Crippen molar-refractivity contribution in [1.29, 1.82) is 0 Å². The summed E-state index contributed by atoms with van der Waals surface area (Å²) in [6.07, 6.45) is 0. The molecule has 6 heteroatoms. The van der Waals surface area contributed by atoms with Crippen LogP contribution in [0.1, 0.15) is 10.7 Å². The van der Waals surface area contributed by atoms with Crippen molar-refractivity contribution in [2.45, 2.75) is 13.5 Å². The number of aromatic nitrogens is 3. The molecule has 2 aromatic carbocycles. The molecule has 25 heavy (non-hydrogen) atoms. The van der Waals surface area contributed by atoms with Crippen molar-refractivity contribution in [3.8, 4) is 11.3 Å². The maximum atomic E-state index is 12.6. The van der Waals surface area contributed by atoms with Crippen LogP contribution in [0.15, 0.2) is 58.7 Å². The Hall–Kier alpha value is -2.99. The second-order valence-electron chi connectivity index (χ2n) is 5.83. The van der Waals surface area contributed by atoms with Crippen LogP contribution in [-0.2, 0) is 6.54 Å². The minimum atomic E-state index is -0.0839. The number of rotatable bonds is 3. The number of fused-ring (bicyclic) bond motifs is 1. The number of hydrogen-bond acceptors (Lipinski definition) is 5. The number of benzene rings is 2. The molecular formula is C19H16N4OS. The van der Waals surface area contributed by atoms with Gasteiger partial charge in [-0.05, 0) is 31.2 Å². The molecule has 5 nitrogen and oxygen atoms in total. The molecule has 4 rings (SSSR count). The minimum Gasteiger partial charge on any atom is -0.399 e. The summed E-state index contributed by atoms with van der Waals surface area (Å²) < 4.78 is 1.74. The summed E-state index contributed by atoms with van der Waals surface area (Å²) in [5.74, 6) is 0. The largest absolute Gasteiger partial charge is 0.399 e. The molecule has 0 radical (unpaired) electrons. The Morgan fingerprint density at radius 1 is 1.12 bits per heavy atom. The van der Waals surface area contributed by atoms with E-state index in [1.165, 1.54) is 11.3 Å². The lowest BCUT2D eigenvalue weighted by atomic mass is 10.1. The van der Waals surface area contributed by atoms with Crippen LogP contribution in [0.2, 0.25) is 0 Å². The molecule has 0 saturated heterocycles. The highest BCUT2D eigenvalue weighted by Gasteiger charge is 2.11. The second-order valence-corrected chi connectivity index (χ2v) is 6.77. The molecule has 0 spiro atoms. The van der Waals surface area contributed by atoms with Crippen molar-refractivity contribution >= 4 is 28.1 Å². The van der Waals surface area contributed by atoms with Crippen LogP contribution in [0.4, 0.5) is 5.69 Å². The van der Waals surface area contributed by atoms with Crippen molar-refractivity contribution in [3.05, 3.63) is 75.0 Å². The van der Waals surface area contributed by atoms with Crippen LogP contribution < -0.4 is 11.3 Å². The summed E-state index contributed by atoms with van der Waals surface area (Å²) in [7, 11) is 0. The highest BCUT2D eigenvalue weighted by molar-refractivity contribution is 7.09. The molecule has 0 aliphatic carbocycles. The predicted octanol–water partition coefficient (Wildman–Crippen LogP) is 3.46. The highest BCUT2D eigenvalue weighted by atomic mass is 32.1. The molecule has 0 saturated carbocycles. The first kappa shape index (κ1) is 15.5. The third kappa shape index (κ3) is 2.92. The Morgan fingerprint density at radius 3 is 2.80 bits per heavy atom. The zero-order valence-corrected chi connectivity index (χ0v) is 14.5. The van der Waals surface area contributed by atoms with E-state index < -0.39 is 0 Å². The summed E-state index contributed by atoms with van der Waals surface area (Å²) in [5.41, 5.74) is 10.4. The van der Waals surface area contributed by atoms with Crippen LogP contribution in [0.3, 0.4) is 0 Å². The van der Waals surface area contributed by atoms with Gasteiger partial charge < -0.3 is 5.73 Å². The van der Waals surface area contributed by atoms with E-state index in [1.54, 1.807) is 11.5 Å². The molecule has 0 fully saturated rings. The standard InChI is InChI=1S/C19H16N4OS/c1-12-19(24)23(17-8-3-2-7-15(17)21-12)10-18-22-16(11-25-18)13-5-4-6-14(20)9-13/h2-9,11H,10,20H2,1H3. The molecule has 0 unspecified atom stereocenters. The third-order valence-corrected chi connectivity index (χ3v) is 4.88. The quantitative estimate of drug-likeness (QED) is 0.576. The van der Waals surface area contributed by atoms with Crippen molar-refractivity contribution in [2.24, 2.45) is 0 Å². The lowest BCUT2D eigenvalue weighted by molar-refractivity contribution is 0.771. The van der Waals surface area contributed by atoms with Gasteiger partial charge in [-0.1, -0.05) is 24.3 Å². The number of aryl methyl sites for hydroxylation is 1. The van der Waals surface area contributed by atoms with Crippen molar-refractivity contribution in [2.75, 3.05) is 5.73 Å². The molecule has 0 aliphatic heterocycles. The SMILES string of the molecule is Cc1nc2ccccc2n(Cc2nc(-c3cccc(N)c3)cs2)c1=O. The molecule has 2 aromatic heterocycles. The smallest absolute Gasteiger partial charge is 0.272 e. The number of hydrogen-bond donors (Lipinski definition) is 1. The molecule has 4 aromatic rings. The Balaban J connectivity index is 1.76. The summed E-state index contributed by atoms with van der Waals surface area (Å²) >= 11 is 1.54. The van der Waals surface area contributed by atoms with Gasteiger partial charge in [0.25, 0.3) is 5.56 Å². The van der Waals surface area contributed by atoms with Crippen molar-refractivity contribution < 1.29 is 0 Å². The number of thiazole rings is 1. The molecule has 2 N–H and O–H groups in total. The van der Waals surface area contributed by atoms with E-state index in [2.05, 4.69) is 9.97 Å². The summed E-state index contributed by atoms with van der Waals surface area (Å²) in [6.45, 7) is 2.17. The Kier molecular flexibility index (Phi) is 3.82. The zero-order valence-electron chi connectivity index (χ0n) is 13.6. The van der Waals surface area contributed by atoms with Gasteiger partial charge in [0.05, 0.1) is 23.3 Å². The van der Waals surface area contributed by atoms with Gasteiger partial charge in [-0.3, -0.25) is 9.36 Å². The average molecular weight is 348 g/mol. The van der Waals surface area contributed by atoms with Crippen LogP contribution in [-0.4, -0.2) is 14.5 Å². The molecular weight excluding hydrogens is 332 g/mol. The molecule has 0 atom stereocenters. The number of nitrogens with two attached hydrogens (primary N) is 1. The normalized spacial score (nSPS) is 11.1. The third-order valence-electron chi connectivity index (χ3n) is 4.04. The maximum absolute atomic E-state index is 12.6. The maximum Gasteiger partial charge on any atom is 0.272 e. The highest BCUT2D eigenvalue weighted by Crippen LogP contribution is 2.24. The molecule has 124 valence electrons. The van der Waals surface area contributed by atoms with E-state index in [0.717, 1.165) is 27.3 Å². The molecule has 0 bridgehead atoms. The van der Waals surface area contributed by atoms with Crippen LogP contribution in [0, 0.1) is 6.92 Å². The van der Waals surface area contributed by atoms with Gasteiger partial charge >= 0.3 is 0 Å². The number of nitrogens with zero attached hydrogens (tertiary/aromatic N) is 3. The van der Waals surface area contributed by atoms with Gasteiger partial charge in [0.15, 0.2) is 0 Å². The van der Waals surface area contributed by atoms with Crippen molar-refractivity contribution in [1.82, 2.24) is 14.5 Å². The van der Waals surface area contributed by atoms with Gasteiger partial charge in [-0.15, -0.1) is 11.3 Å².